The highest BCUT2D eigenvalue weighted by Crippen LogP contribution is 2.36. The van der Waals surface area contributed by atoms with Gasteiger partial charge in [-0.1, -0.05) is 50.2 Å². The van der Waals surface area contributed by atoms with Crippen molar-refractivity contribution in [2.45, 2.75) is 38.5 Å². The Morgan fingerprint density at radius 2 is 1.69 bits per heavy atom. The van der Waals surface area contributed by atoms with Gasteiger partial charge in [0.25, 0.3) is 0 Å². The molecular weight excluding hydrogens is 360 g/mol. The summed E-state index contributed by atoms with van der Waals surface area (Å²) in [7, 11) is 5.46. The van der Waals surface area contributed by atoms with Crippen molar-refractivity contribution in [2.75, 3.05) is 34.4 Å². The van der Waals surface area contributed by atoms with E-state index in [9.17, 15) is 5.26 Å². The minimum absolute atomic E-state index is 0.270. The number of hydrogen-bond donors (Lipinski definition) is 0. The van der Waals surface area contributed by atoms with Gasteiger partial charge in [0.2, 0.25) is 0 Å². The standard InChI is InChI=1S/C25H34N2O2/c1-20(2)25(19-26,22-10-7-6-8-11-22)15-9-16-27(3)17-14-21-12-13-23(28-4)24(18-21)29-5/h6-8,10-13,18,20H,9,14-17H2,1-5H3. The van der Waals surface area contributed by atoms with Gasteiger partial charge in [0.1, 0.15) is 0 Å². The number of methoxy groups -OCH3 is 2. The van der Waals surface area contributed by atoms with Crippen molar-refractivity contribution in [1.29, 1.82) is 5.26 Å². The molecule has 0 amide bonds. The number of ether oxygens (including phenoxy) is 2. The first-order valence-corrected chi connectivity index (χ1v) is 10.3. The Morgan fingerprint density at radius 3 is 2.28 bits per heavy atom. The lowest BCUT2D eigenvalue weighted by Crippen LogP contribution is -2.32. The molecule has 0 aromatic heterocycles. The van der Waals surface area contributed by atoms with Gasteiger partial charge in [-0.05, 0) is 62.0 Å². The zero-order valence-corrected chi connectivity index (χ0v) is 18.4. The van der Waals surface area contributed by atoms with Crippen molar-refractivity contribution in [2.24, 2.45) is 5.92 Å². The molecule has 0 heterocycles. The van der Waals surface area contributed by atoms with E-state index in [2.05, 4.69) is 50.1 Å². The average Bonchev–Trinajstić information content (AvgIpc) is 2.75. The molecule has 29 heavy (non-hydrogen) atoms. The van der Waals surface area contributed by atoms with Gasteiger partial charge in [0, 0.05) is 6.54 Å². The molecule has 0 fully saturated rings. The summed E-state index contributed by atoms with van der Waals surface area (Å²) in [6, 6.07) is 19.0. The molecule has 2 aromatic rings. The number of nitriles is 1. The summed E-state index contributed by atoms with van der Waals surface area (Å²) in [6.07, 6.45) is 2.80. The van der Waals surface area contributed by atoms with Crippen LogP contribution in [0.1, 0.15) is 37.8 Å². The highest BCUT2D eigenvalue weighted by atomic mass is 16.5. The first-order chi connectivity index (χ1) is 14.0. The van der Waals surface area contributed by atoms with E-state index in [1.54, 1.807) is 14.2 Å². The van der Waals surface area contributed by atoms with Crippen LogP contribution in [0.5, 0.6) is 11.5 Å². The monoisotopic (exact) mass is 394 g/mol. The zero-order chi connectivity index (χ0) is 21.3. The third-order valence-electron chi connectivity index (χ3n) is 5.82. The van der Waals surface area contributed by atoms with E-state index in [1.165, 1.54) is 5.56 Å². The topological polar surface area (TPSA) is 45.5 Å². The molecular formula is C25H34N2O2. The van der Waals surface area contributed by atoms with E-state index >= 15 is 0 Å². The van der Waals surface area contributed by atoms with Crippen molar-refractivity contribution in [1.82, 2.24) is 4.90 Å². The van der Waals surface area contributed by atoms with Crippen LogP contribution in [0.3, 0.4) is 0 Å². The third-order valence-corrected chi connectivity index (χ3v) is 5.82. The lowest BCUT2D eigenvalue weighted by molar-refractivity contribution is 0.293. The maximum absolute atomic E-state index is 10.0. The minimum Gasteiger partial charge on any atom is -0.493 e. The van der Waals surface area contributed by atoms with Crippen molar-refractivity contribution >= 4 is 0 Å². The van der Waals surface area contributed by atoms with Gasteiger partial charge in [-0.3, -0.25) is 0 Å². The molecule has 0 spiro atoms. The van der Waals surface area contributed by atoms with E-state index in [1.807, 2.05) is 30.3 Å². The van der Waals surface area contributed by atoms with Crippen LogP contribution in [0, 0.1) is 17.2 Å². The van der Waals surface area contributed by atoms with Crippen LogP contribution in [-0.4, -0.2) is 39.3 Å². The van der Waals surface area contributed by atoms with E-state index in [4.69, 9.17) is 9.47 Å². The van der Waals surface area contributed by atoms with Crippen LogP contribution in [0.2, 0.25) is 0 Å². The SMILES string of the molecule is COc1ccc(CCN(C)CCCC(C#N)(c2ccccc2)C(C)C)cc1OC. The number of hydrogen-bond acceptors (Lipinski definition) is 4. The summed E-state index contributed by atoms with van der Waals surface area (Å²) in [5.74, 6) is 1.80. The normalized spacial score (nSPS) is 13.2. The summed E-state index contributed by atoms with van der Waals surface area (Å²) >= 11 is 0. The van der Waals surface area contributed by atoms with Crippen molar-refractivity contribution in [3.05, 3.63) is 59.7 Å². The number of benzene rings is 2. The maximum Gasteiger partial charge on any atom is 0.160 e. The molecule has 0 bridgehead atoms. The smallest absolute Gasteiger partial charge is 0.160 e. The van der Waals surface area contributed by atoms with Crippen LogP contribution in [0.15, 0.2) is 48.5 Å². The van der Waals surface area contributed by atoms with Gasteiger partial charge in [-0.15, -0.1) is 0 Å². The van der Waals surface area contributed by atoms with Crippen molar-refractivity contribution < 1.29 is 9.47 Å². The number of likely N-dealkylation sites (N-methyl/N-ethyl adjacent to an activating group) is 1. The van der Waals surface area contributed by atoms with Gasteiger partial charge in [-0.2, -0.15) is 5.26 Å². The predicted molar refractivity (Wildman–Crippen MR) is 119 cm³/mol. The molecule has 0 radical (unpaired) electrons. The third kappa shape index (κ3) is 5.74. The molecule has 0 aliphatic rings. The van der Waals surface area contributed by atoms with Crippen molar-refractivity contribution in [3.8, 4) is 17.6 Å². The highest BCUT2D eigenvalue weighted by Gasteiger charge is 2.35. The Morgan fingerprint density at radius 1 is 1.00 bits per heavy atom. The molecule has 0 aliphatic heterocycles. The zero-order valence-electron chi connectivity index (χ0n) is 18.4. The van der Waals surface area contributed by atoms with Crippen LogP contribution in [0.25, 0.3) is 0 Å². The van der Waals surface area contributed by atoms with E-state index < -0.39 is 5.41 Å². The number of nitrogens with zero attached hydrogens (tertiary/aromatic N) is 2. The Bertz CT molecular complexity index is 798. The second kappa shape index (κ2) is 10.9. The van der Waals surface area contributed by atoms with Gasteiger partial charge >= 0.3 is 0 Å². The van der Waals surface area contributed by atoms with Gasteiger partial charge in [0.15, 0.2) is 11.5 Å². The fraction of sp³-hybridized carbons (Fsp3) is 0.480. The molecule has 4 heteroatoms. The Labute approximate surface area is 176 Å². The Hall–Kier alpha value is -2.51. The van der Waals surface area contributed by atoms with Gasteiger partial charge in [0.05, 0.1) is 25.7 Å². The molecule has 0 N–H and O–H groups in total. The highest BCUT2D eigenvalue weighted by molar-refractivity contribution is 5.43. The molecule has 156 valence electrons. The summed E-state index contributed by atoms with van der Waals surface area (Å²) in [5.41, 5.74) is 1.93. The summed E-state index contributed by atoms with van der Waals surface area (Å²) in [6.45, 7) is 6.23. The van der Waals surface area contributed by atoms with Crippen LogP contribution in [0.4, 0.5) is 0 Å². The van der Waals surface area contributed by atoms with Crippen LogP contribution < -0.4 is 9.47 Å². The molecule has 0 saturated carbocycles. The van der Waals surface area contributed by atoms with Gasteiger partial charge in [-0.25, -0.2) is 0 Å². The molecule has 1 atom stereocenters. The second-order valence-corrected chi connectivity index (χ2v) is 7.95. The lowest BCUT2D eigenvalue weighted by atomic mass is 9.70. The van der Waals surface area contributed by atoms with Crippen LogP contribution in [-0.2, 0) is 11.8 Å². The molecule has 1 unspecified atom stereocenters. The number of rotatable bonds is 11. The largest absolute Gasteiger partial charge is 0.493 e. The summed E-state index contributed by atoms with van der Waals surface area (Å²) in [5, 5.41) is 10.0. The maximum atomic E-state index is 10.0. The van der Waals surface area contributed by atoms with E-state index in [0.717, 1.165) is 49.4 Å². The fourth-order valence-electron chi connectivity index (χ4n) is 3.85. The minimum atomic E-state index is -0.425. The first kappa shape index (κ1) is 22.8. The Balaban J connectivity index is 1.91. The summed E-state index contributed by atoms with van der Waals surface area (Å²) < 4.78 is 10.7. The molecule has 4 nitrogen and oxygen atoms in total. The molecule has 0 aliphatic carbocycles. The first-order valence-electron chi connectivity index (χ1n) is 10.3. The predicted octanol–water partition coefficient (Wildman–Crippen LogP) is 5.08. The molecule has 2 aromatic carbocycles. The summed E-state index contributed by atoms with van der Waals surface area (Å²) in [4.78, 5) is 2.34. The van der Waals surface area contributed by atoms with Gasteiger partial charge < -0.3 is 14.4 Å². The Kier molecular flexibility index (Phi) is 8.54. The van der Waals surface area contributed by atoms with Crippen LogP contribution >= 0.6 is 0 Å². The lowest BCUT2D eigenvalue weighted by Gasteiger charge is -2.32. The van der Waals surface area contributed by atoms with E-state index in [0.29, 0.717) is 0 Å². The average molecular weight is 395 g/mol. The van der Waals surface area contributed by atoms with Crippen molar-refractivity contribution in [3.63, 3.8) is 0 Å². The fourth-order valence-corrected chi connectivity index (χ4v) is 3.85. The molecule has 2 rings (SSSR count). The van der Waals surface area contributed by atoms with E-state index in [-0.39, 0.29) is 5.92 Å². The molecule has 0 saturated heterocycles. The second-order valence-electron chi connectivity index (χ2n) is 7.95. The quantitative estimate of drug-likeness (QED) is 0.533.